The van der Waals surface area contributed by atoms with Crippen LogP contribution >= 0.6 is 0 Å². The molecule has 1 heteroatoms. The van der Waals surface area contributed by atoms with Gasteiger partial charge in [-0.3, -0.25) is 0 Å². The molecule has 1 unspecified atom stereocenters. The van der Waals surface area contributed by atoms with Gasteiger partial charge < -0.3 is 5.32 Å². The van der Waals surface area contributed by atoms with E-state index in [2.05, 4.69) is 12.2 Å². The molecule has 0 amide bonds. The van der Waals surface area contributed by atoms with E-state index in [9.17, 15) is 0 Å². The highest BCUT2D eigenvalue weighted by Crippen LogP contribution is 2.44. The predicted octanol–water partition coefficient (Wildman–Crippen LogP) is 1.29. The zero-order chi connectivity index (χ0) is 5.61. The molecule has 2 fully saturated rings. The van der Waals surface area contributed by atoms with Crippen molar-refractivity contribution >= 4 is 0 Å². The summed E-state index contributed by atoms with van der Waals surface area (Å²) < 4.78 is 0. The fourth-order valence-corrected chi connectivity index (χ4v) is 1.71. The van der Waals surface area contributed by atoms with Crippen molar-refractivity contribution in [3.8, 4) is 0 Å². The van der Waals surface area contributed by atoms with Crippen molar-refractivity contribution in [3.05, 3.63) is 0 Å². The summed E-state index contributed by atoms with van der Waals surface area (Å²) in [5, 5.41) is 3.60. The molecule has 1 spiro atoms. The molecule has 0 radical (unpaired) electrons. The summed E-state index contributed by atoms with van der Waals surface area (Å²) in [6, 6.07) is 0.803. The van der Waals surface area contributed by atoms with Gasteiger partial charge in [-0.15, -0.1) is 0 Å². The third-order valence-electron chi connectivity index (χ3n) is 2.46. The SMILES string of the molecule is CC1CCC2(CC2)N1. The van der Waals surface area contributed by atoms with Crippen molar-refractivity contribution in [1.29, 1.82) is 0 Å². The molecule has 1 atom stereocenters. The zero-order valence-electron chi connectivity index (χ0n) is 5.41. The predicted molar refractivity (Wildman–Crippen MR) is 33.8 cm³/mol. The van der Waals surface area contributed by atoms with Crippen LogP contribution in [0.5, 0.6) is 0 Å². The molecule has 2 aliphatic rings. The minimum atomic E-state index is 0.666. The van der Waals surface area contributed by atoms with Crippen LogP contribution in [-0.4, -0.2) is 11.6 Å². The molecule has 1 saturated heterocycles. The standard InChI is InChI=1S/C7H13N/c1-6-2-3-7(8-6)4-5-7/h6,8H,2-5H2,1H3. The molecule has 1 aliphatic heterocycles. The summed E-state index contributed by atoms with van der Waals surface area (Å²) in [6.45, 7) is 2.28. The van der Waals surface area contributed by atoms with Crippen molar-refractivity contribution in [2.75, 3.05) is 0 Å². The van der Waals surface area contributed by atoms with E-state index in [0.29, 0.717) is 5.54 Å². The van der Waals surface area contributed by atoms with Gasteiger partial charge in [-0.2, -0.15) is 0 Å². The second-order valence-corrected chi connectivity index (χ2v) is 3.36. The van der Waals surface area contributed by atoms with E-state index in [1.807, 2.05) is 0 Å². The third kappa shape index (κ3) is 0.576. The lowest BCUT2D eigenvalue weighted by Crippen LogP contribution is -2.28. The number of rotatable bonds is 0. The third-order valence-corrected chi connectivity index (χ3v) is 2.46. The molecular formula is C7H13N. The lowest BCUT2D eigenvalue weighted by atomic mass is 10.2. The fourth-order valence-electron chi connectivity index (χ4n) is 1.71. The maximum Gasteiger partial charge on any atom is 0.0186 e. The molecule has 0 aromatic carbocycles. The Morgan fingerprint density at radius 3 is 2.38 bits per heavy atom. The first-order valence-corrected chi connectivity index (χ1v) is 3.58. The second-order valence-electron chi connectivity index (χ2n) is 3.36. The summed E-state index contributed by atoms with van der Waals surface area (Å²) in [6.07, 6.45) is 5.73. The zero-order valence-corrected chi connectivity index (χ0v) is 5.41. The van der Waals surface area contributed by atoms with Crippen molar-refractivity contribution in [3.63, 3.8) is 0 Å². The Bertz CT molecular complexity index is 105. The van der Waals surface area contributed by atoms with Gasteiger partial charge in [0.1, 0.15) is 0 Å². The first kappa shape index (κ1) is 4.80. The van der Waals surface area contributed by atoms with Crippen molar-refractivity contribution < 1.29 is 0 Å². The van der Waals surface area contributed by atoms with Gasteiger partial charge in [-0.25, -0.2) is 0 Å². The Hall–Kier alpha value is -0.0400. The summed E-state index contributed by atoms with van der Waals surface area (Å²) in [7, 11) is 0. The van der Waals surface area contributed by atoms with Gasteiger partial charge in [-0.1, -0.05) is 0 Å². The summed E-state index contributed by atoms with van der Waals surface area (Å²) in [5.41, 5.74) is 0.666. The van der Waals surface area contributed by atoms with E-state index in [1.165, 1.54) is 25.7 Å². The first-order valence-electron chi connectivity index (χ1n) is 3.58. The number of hydrogen-bond acceptors (Lipinski definition) is 1. The van der Waals surface area contributed by atoms with Crippen molar-refractivity contribution in [1.82, 2.24) is 5.32 Å². The van der Waals surface area contributed by atoms with E-state index >= 15 is 0 Å². The van der Waals surface area contributed by atoms with Crippen LogP contribution in [0.1, 0.15) is 32.6 Å². The van der Waals surface area contributed by atoms with Crippen LogP contribution in [0.15, 0.2) is 0 Å². The van der Waals surface area contributed by atoms with Crippen molar-refractivity contribution in [2.45, 2.75) is 44.2 Å². The van der Waals surface area contributed by atoms with E-state index < -0.39 is 0 Å². The normalized spacial score (nSPS) is 40.9. The van der Waals surface area contributed by atoms with Crippen LogP contribution in [0.4, 0.5) is 0 Å². The number of hydrogen-bond donors (Lipinski definition) is 1. The van der Waals surface area contributed by atoms with Crippen LogP contribution in [0.2, 0.25) is 0 Å². The topological polar surface area (TPSA) is 12.0 Å². The first-order chi connectivity index (χ1) is 3.81. The molecule has 1 nitrogen and oxygen atoms in total. The van der Waals surface area contributed by atoms with Gasteiger partial charge in [0.25, 0.3) is 0 Å². The Kier molecular flexibility index (Phi) is 0.762. The highest BCUT2D eigenvalue weighted by Gasteiger charge is 2.46. The van der Waals surface area contributed by atoms with Gasteiger partial charge in [0, 0.05) is 11.6 Å². The Balaban J connectivity index is 2.03. The molecule has 2 rings (SSSR count). The van der Waals surface area contributed by atoms with E-state index in [-0.39, 0.29) is 0 Å². The molecule has 1 aliphatic carbocycles. The molecule has 46 valence electrons. The van der Waals surface area contributed by atoms with E-state index in [0.717, 1.165) is 6.04 Å². The lowest BCUT2D eigenvalue weighted by Gasteiger charge is -2.05. The molecule has 0 bridgehead atoms. The highest BCUT2D eigenvalue weighted by atomic mass is 15.1. The van der Waals surface area contributed by atoms with Gasteiger partial charge >= 0.3 is 0 Å². The lowest BCUT2D eigenvalue weighted by molar-refractivity contribution is 0.552. The van der Waals surface area contributed by atoms with E-state index in [1.54, 1.807) is 0 Å². The summed E-state index contributed by atoms with van der Waals surface area (Å²) in [5.74, 6) is 0. The quantitative estimate of drug-likeness (QED) is 0.496. The monoisotopic (exact) mass is 111 g/mol. The van der Waals surface area contributed by atoms with Crippen LogP contribution in [0.25, 0.3) is 0 Å². The Labute approximate surface area is 50.5 Å². The molecule has 1 N–H and O–H groups in total. The maximum absolute atomic E-state index is 3.60. The van der Waals surface area contributed by atoms with Gasteiger partial charge in [0.05, 0.1) is 0 Å². The molecule has 1 heterocycles. The van der Waals surface area contributed by atoms with Gasteiger partial charge in [0.2, 0.25) is 0 Å². The van der Waals surface area contributed by atoms with Crippen molar-refractivity contribution in [2.24, 2.45) is 0 Å². The fraction of sp³-hybridized carbons (Fsp3) is 1.00. The molecule has 1 saturated carbocycles. The van der Waals surface area contributed by atoms with Crippen LogP contribution in [0.3, 0.4) is 0 Å². The summed E-state index contributed by atoms with van der Waals surface area (Å²) in [4.78, 5) is 0. The Morgan fingerprint density at radius 2 is 2.12 bits per heavy atom. The van der Waals surface area contributed by atoms with Crippen LogP contribution < -0.4 is 5.32 Å². The van der Waals surface area contributed by atoms with Gasteiger partial charge in [0.15, 0.2) is 0 Å². The Morgan fingerprint density at radius 1 is 1.38 bits per heavy atom. The second kappa shape index (κ2) is 1.27. The van der Waals surface area contributed by atoms with E-state index in [4.69, 9.17) is 0 Å². The molecule has 0 aromatic rings. The van der Waals surface area contributed by atoms with Gasteiger partial charge in [-0.05, 0) is 32.6 Å². The molecule has 8 heavy (non-hydrogen) atoms. The van der Waals surface area contributed by atoms with Crippen LogP contribution in [-0.2, 0) is 0 Å². The average molecular weight is 111 g/mol. The minimum Gasteiger partial charge on any atom is -0.309 e. The average Bonchev–Trinajstić information content (AvgIpc) is 2.34. The smallest absolute Gasteiger partial charge is 0.0186 e. The molecular weight excluding hydrogens is 98.1 g/mol. The number of nitrogens with one attached hydrogen (secondary N) is 1. The highest BCUT2D eigenvalue weighted by molar-refractivity contribution is 5.07. The van der Waals surface area contributed by atoms with Crippen LogP contribution in [0, 0.1) is 0 Å². The molecule has 0 aromatic heterocycles. The maximum atomic E-state index is 3.60. The summed E-state index contributed by atoms with van der Waals surface area (Å²) >= 11 is 0. The minimum absolute atomic E-state index is 0.666. The largest absolute Gasteiger partial charge is 0.309 e.